The van der Waals surface area contributed by atoms with Gasteiger partial charge in [-0.15, -0.1) is 0 Å². The molecule has 3 rings (SSSR count). The number of aromatic nitrogens is 2. The third-order valence-electron chi connectivity index (χ3n) is 3.99. The number of ether oxygens (including phenoxy) is 2. The van der Waals surface area contributed by atoms with Gasteiger partial charge in [0.1, 0.15) is 6.54 Å². The summed E-state index contributed by atoms with van der Waals surface area (Å²) in [4.78, 5) is 31.5. The number of carbonyl (C=O) groups is 1. The van der Waals surface area contributed by atoms with E-state index in [1.165, 1.54) is 10.6 Å². The predicted octanol–water partition coefficient (Wildman–Crippen LogP) is 0.865. The molecule has 1 aromatic heterocycles. The van der Waals surface area contributed by atoms with Gasteiger partial charge in [0.15, 0.2) is 0 Å². The zero-order valence-corrected chi connectivity index (χ0v) is 14.7. The Balaban J connectivity index is 1.86. The molecule has 8 heteroatoms. The summed E-state index contributed by atoms with van der Waals surface area (Å²) < 4.78 is 11.9. The molecular weight excluding hydrogens is 336 g/mol. The molecule has 0 radical (unpaired) electrons. The van der Waals surface area contributed by atoms with Crippen molar-refractivity contribution >= 4 is 17.5 Å². The van der Waals surface area contributed by atoms with Crippen LogP contribution in [-0.4, -0.2) is 48.9 Å². The molecule has 1 aromatic carbocycles. The monoisotopic (exact) mass is 358 g/mol. The highest BCUT2D eigenvalue weighted by atomic mass is 16.5. The molecule has 138 valence electrons. The second kappa shape index (κ2) is 8.59. The predicted molar refractivity (Wildman–Crippen MR) is 97.3 cm³/mol. The fourth-order valence-electron chi connectivity index (χ4n) is 2.78. The summed E-state index contributed by atoms with van der Waals surface area (Å²) in [5, 5.41) is 2.79. The zero-order valence-electron chi connectivity index (χ0n) is 14.7. The van der Waals surface area contributed by atoms with Crippen molar-refractivity contribution in [2.45, 2.75) is 13.2 Å². The van der Waals surface area contributed by atoms with Crippen LogP contribution >= 0.6 is 0 Å². The van der Waals surface area contributed by atoms with E-state index in [2.05, 4.69) is 10.3 Å². The Hall–Kier alpha value is -2.71. The highest BCUT2D eigenvalue weighted by Crippen LogP contribution is 2.13. The quantitative estimate of drug-likeness (QED) is 0.825. The fraction of sp³-hybridized carbons (Fsp3) is 0.389. The van der Waals surface area contributed by atoms with Gasteiger partial charge in [-0.25, -0.2) is 4.98 Å². The van der Waals surface area contributed by atoms with E-state index < -0.39 is 0 Å². The van der Waals surface area contributed by atoms with Gasteiger partial charge in [-0.05, 0) is 12.1 Å². The number of amides is 1. The summed E-state index contributed by atoms with van der Waals surface area (Å²) in [5.41, 5.74) is 0.942. The maximum atomic E-state index is 12.6. The van der Waals surface area contributed by atoms with Crippen molar-refractivity contribution in [1.82, 2.24) is 9.55 Å². The fourth-order valence-corrected chi connectivity index (χ4v) is 2.78. The van der Waals surface area contributed by atoms with Crippen LogP contribution in [0.15, 0.2) is 41.2 Å². The van der Waals surface area contributed by atoms with Crippen LogP contribution in [0.3, 0.4) is 0 Å². The molecule has 0 bridgehead atoms. The van der Waals surface area contributed by atoms with Crippen molar-refractivity contribution in [3.63, 3.8) is 0 Å². The van der Waals surface area contributed by atoms with E-state index in [0.29, 0.717) is 43.6 Å². The molecule has 1 saturated heterocycles. The minimum absolute atomic E-state index is 0.110. The van der Waals surface area contributed by atoms with E-state index >= 15 is 0 Å². The molecule has 1 N–H and O–H groups in total. The Bertz CT molecular complexity index is 801. The van der Waals surface area contributed by atoms with Crippen LogP contribution in [-0.2, 0) is 27.4 Å². The highest BCUT2D eigenvalue weighted by molar-refractivity contribution is 5.90. The van der Waals surface area contributed by atoms with Gasteiger partial charge in [0.2, 0.25) is 11.9 Å². The number of hydrogen-bond donors (Lipinski definition) is 1. The first-order valence-corrected chi connectivity index (χ1v) is 8.44. The summed E-state index contributed by atoms with van der Waals surface area (Å²) in [6, 6.07) is 10.5. The molecule has 8 nitrogen and oxygen atoms in total. The first kappa shape index (κ1) is 18.1. The van der Waals surface area contributed by atoms with E-state index in [1.54, 1.807) is 19.2 Å². The van der Waals surface area contributed by atoms with Gasteiger partial charge in [-0.2, -0.15) is 0 Å². The minimum Gasteiger partial charge on any atom is -0.378 e. The van der Waals surface area contributed by atoms with Gasteiger partial charge >= 0.3 is 0 Å². The average molecular weight is 358 g/mol. The lowest BCUT2D eigenvalue weighted by atomic mass is 10.3. The van der Waals surface area contributed by atoms with Crippen LogP contribution in [0.4, 0.5) is 11.6 Å². The Morgan fingerprint density at radius 2 is 2.00 bits per heavy atom. The lowest BCUT2D eigenvalue weighted by Crippen LogP contribution is -2.42. The standard InChI is InChI=1S/C18H22N4O4/c1-25-13-15-11-17(24)22(18(20-15)21-7-9-26-10-8-21)12-16(23)19-14-5-3-2-4-6-14/h2-6,11H,7-10,12-13H2,1H3,(H,19,23). The topological polar surface area (TPSA) is 85.7 Å². The first-order chi connectivity index (χ1) is 12.7. The van der Waals surface area contributed by atoms with Crippen molar-refractivity contribution in [2.24, 2.45) is 0 Å². The number of methoxy groups -OCH3 is 1. The molecule has 2 aromatic rings. The number of anilines is 2. The molecule has 1 amide bonds. The number of nitrogens with one attached hydrogen (secondary N) is 1. The van der Waals surface area contributed by atoms with E-state index in [4.69, 9.17) is 9.47 Å². The average Bonchev–Trinajstić information content (AvgIpc) is 2.65. The lowest BCUT2D eigenvalue weighted by molar-refractivity contribution is -0.116. The number of carbonyl (C=O) groups excluding carboxylic acids is 1. The molecule has 0 spiro atoms. The minimum atomic E-state index is -0.283. The normalized spacial score (nSPS) is 14.3. The van der Waals surface area contributed by atoms with E-state index in [9.17, 15) is 9.59 Å². The van der Waals surface area contributed by atoms with Crippen LogP contribution in [0.5, 0.6) is 0 Å². The molecule has 2 heterocycles. The maximum Gasteiger partial charge on any atom is 0.255 e. The summed E-state index contributed by atoms with van der Waals surface area (Å²) in [5.74, 6) is 0.185. The molecule has 1 fully saturated rings. The van der Waals surface area contributed by atoms with Crippen LogP contribution in [0, 0.1) is 0 Å². The smallest absolute Gasteiger partial charge is 0.255 e. The van der Waals surface area contributed by atoms with Crippen LogP contribution in [0.2, 0.25) is 0 Å². The second-order valence-corrected chi connectivity index (χ2v) is 5.92. The second-order valence-electron chi connectivity index (χ2n) is 5.92. The number of morpholine rings is 1. The molecule has 0 unspecified atom stereocenters. The van der Waals surface area contributed by atoms with Crippen molar-refractivity contribution in [3.8, 4) is 0 Å². The van der Waals surface area contributed by atoms with Gasteiger partial charge < -0.3 is 19.7 Å². The number of rotatable bonds is 6. The maximum absolute atomic E-state index is 12.6. The van der Waals surface area contributed by atoms with Gasteiger partial charge in [0, 0.05) is 32.0 Å². The number of benzene rings is 1. The van der Waals surface area contributed by atoms with Crippen molar-refractivity contribution < 1.29 is 14.3 Å². The third-order valence-corrected chi connectivity index (χ3v) is 3.99. The Kier molecular flexibility index (Phi) is 5.98. The summed E-state index contributed by atoms with van der Waals surface area (Å²) in [6.45, 7) is 2.47. The van der Waals surface area contributed by atoms with Crippen molar-refractivity contribution in [1.29, 1.82) is 0 Å². The van der Waals surface area contributed by atoms with Crippen molar-refractivity contribution in [2.75, 3.05) is 43.6 Å². The molecule has 0 atom stereocenters. The molecule has 0 aliphatic carbocycles. The SMILES string of the molecule is COCc1cc(=O)n(CC(=O)Nc2ccccc2)c(N2CCOCC2)n1. The summed E-state index contributed by atoms with van der Waals surface area (Å²) in [7, 11) is 1.55. The third kappa shape index (κ3) is 4.47. The Morgan fingerprint density at radius 3 is 2.69 bits per heavy atom. The van der Waals surface area contributed by atoms with Gasteiger partial charge in [-0.3, -0.25) is 14.2 Å². The Labute approximate surface area is 151 Å². The number of para-hydroxylation sites is 1. The molecule has 26 heavy (non-hydrogen) atoms. The number of hydrogen-bond acceptors (Lipinski definition) is 6. The van der Waals surface area contributed by atoms with Gasteiger partial charge in [-0.1, -0.05) is 18.2 Å². The number of nitrogens with zero attached hydrogens (tertiary/aromatic N) is 3. The molecule has 1 aliphatic heterocycles. The van der Waals surface area contributed by atoms with E-state index in [-0.39, 0.29) is 24.6 Å². The first-order valence-electron chi connectivity index (χ1n) is 8.44. The van der Waals surface area contributed by atoms with Crippen LogP contribution < -0.4 is 15.8 Å². The Morgan fingerprint density at radius 1 is 1.27 bits per heavy atom. The summed E-state index contributed by atoms with van der Waals surface area (Å²) >= 11 is 0. The molecule has 1 aliphatic rings. The molecule has 0 saturated carbocycles. The molecular formula is C18H22N4O4. The largest absolute Gasteiger partial charge is 0.378 e. The van der Waals surface area contributed by atoms with Gasteiger partial charge in [0.25, 0.3) is 5.56 Å². The van der Waals surface area contributed by atoms with Crippen molar-refractivity contribution in [3.05, 3.63) is 52.4 Å². The van der Waals surface area contributed by atoms with Gasteiger partial charge in [0.05, 0.1) is 25.5 Å². The highest BCUT2D eigenvalue weighted by Gasteiger charge is 2.20. The van der Waals surface area contributed by atoms with E-state index in [0.717, 1.165) is 0 Å². The van der Waals surface area contributed by atoms with Crippen LogP contribution in [0.1, 0.15) is 5.69 Å². The van der Waals surface area contributed by atoms with E-state index in [1.807, 2.05) is 23.1 Å². The van der Waals surface area contributed by atoms with Crippen LogP contribution in [0.25, 0.3) is 0 Å². The zero-order chi connectivity index (χ0) is 18.4. The lowest BCUT2D eigenvalue weighted by Gasteiger charge is -2.29. The summed E-state index contributed by atoms with van der Waals surface area (Å²) in [6.07, 6.45) is 0.